The van der Waals surface area contributed by atoms with Crippen molar-refractivity contribution in [1.82, 2.24) is 14.7 Å². The Hall–Kier alpha value is -1.10. The van der Waals surface area contributed by atoms with Crippen LogP contribution in [0.15, 0.2) is 24.5 Å². The Labute approximate surface area is 117 Å². The number of nitrogens with one attached hydrogen (secondary N) is 1. The molecule has 1 aliphatic rings. The molecular formula is C14H18ClN3O. The lowest BCUT2D eigenvalue weighted by Gasteiger charge is -2.18. The first-order valence-corrected chi connectivity index (χ1v) is 7.04. The smallest absolute Gasteiger partial charge is 0.137 e. The lowest BCUT2D eigenvalue weighted by Crippen LogP contribution is -2.33. The van der Waals surface area contributed by atoms with Crippen LogP contribution < -0.4 is 5.32 Å². The molecule has 2 aromatic rings. The topological polar surface area (TPSA) is 38.6 Å². The Bertz CT molecular complexity index is 563. The van der Waals surface area contributed by atoms with Crippen LogP contribution in [0.5, 0.6) is 0 Å². The van der Waals surface area contributed by atoms with E-state index in [0.717, 1.165) is 42.5 Å². The molecule has 0 aliphatic carbocycles. The average molecular weight is 280 g/mol. The zero-order valence-electron chi connectivity index (χ0n) is 11.0. The van der Waals surface area contributed by atoms with E-state index < -0.39 is 0 Å². The molecule has 19 heavy (non-hydrogen) atoms. The van der Waals surface area contributed by atoms with Gasteiger partial charge in [0.05, 0.1) is 17.3 Å². The lowest BCUT2D eigenvalue weighted by atomic mass is 10.0. The van der Waals surface area contributed by atoms with Gasteiger partial charge in [-0.15, -0.1) is 0 Å². The summed E-state index contributed by atoms with van der Waals surface area (Å²) in [6.07, 6.45) is 5.04. The van der Waals surface area contributed by atoms with Crippen molar-refractivity contribution in [2.45, 2.75) is 25.9 Å². The molecule has 0 spiro atoms. The molecule has 4 nitrogen and oxygen atoms in total. The van der Waals surface area contributed by atoms with E-state index in [4.69, 9.17) is 16.3 Å². The van der Waals surface area contributed by atoms with Crippen LogP contribution >= 0.6 is 11.6 Å². The van der Waals surface area contributed by atoms with E-state index in [1.807, 2.05) is 28.9 Å². The second kappa shape index (κ2) is 5.49. The van der Waals surface area contributed by atoms with Crippen LogP contribution in [0, 0.1) is 5.92 Å². The summed E-state index contributed by atoms with van der Waals surface area (Å²) in [7, 11) is 0. The third-order valence-corrected chi connectivity index (χ3v) is 3.97. The number of aromatic nitrogens is 2. The molecular weight excluding hydrogens is 262 g/mol. The first-order valence-electron chi connectivity index (χ1n) is 6.66. The number of hydrogen-bond donors (Lipinski definition) is 1. The minimum absolute atomic E-state index is 0.455. The van der Waals surface area contributed by atoms with E-state index in [0.29, 0.717) is 12.0 Å². The first-order chi connectivity index (χ1) is 9.22. The number of nitrogens with zero attached hydrogens (tertiary/aromatic N) is 2. The van der Waals surface area contributed by atoms with Crippen LogP contribution in [-0.4, -0.2) is 28.6 Å². The largest absolute Gasteiger partial charge is 0.381 e. The highest BCUT2D eigenvalue weighted by molar-refractivity contribution is 6.30. The summed E-state index contributed by atoms with van der Waals surface area (Å²) in [6, 6.07) is 4.25. The van der Waals surface area contributed by atoms with Gasteiger partial charge in [-0.3, -0.25) is 0 Å². The Balaban J connectivity index is 1.64. The minimum atomic E-state index is 0.455. The molecule has 5 heteroatoms. The summed E-state index contributed by atoms with van der Waals surface area (Å²) >= 11 is 5.96. The average Bonchev–Trinajstić information content (AvgIpc) is 3.04. The SMILES string of the molecule is CC(NCc1cn2cc(Cl)ccc2n1)C1CCOC1. The third-order valence-electron chi connectivity index (χ3n) is 3.74. The van der Waals surface area contributed by atoms with Gasteiger partial charge in [0.15, 0.2) is 0 Å². The standard InChI is InChI=1S/C14H18ClN3O/c1-10(11-4-5-19-9-11)16-6-13-8-18-7-12(15)2-3-14(18)17-13/h2-3,7-8,10-11,16H,4-6,9H2,1H3. The second-order valence-corrected chi connectivity index (χ2v) is 5.57. The molecule has 0 radical (unpaired) electrons. The van der Waals surface area contributed by atoms with Gasteiger partial charge in [-0.2, -0.15) is 0 Å². The summed E-state index contributed by atoms with van der Waals surface area (Å²) in [5.74, 6) is 0.617. The molecule has 1 saturated heterocycles. The van der Waals surface area contributed by atoms with Gasteiger partial charge >= 0.3 is 0 Å². The highest BCUT2D eigenvalue weighted by Crippen LogP contribution is 2.17. The summed E-state index contributed by atoms with van der Waals surface area (Å²) in [5, 5.41) is 4.25. The van der Waals surface area contributed by atoms with Crippen molar-refractivity contribution in [2.75, 3.05) is 13.2 Å². The van der Waals surface area contributed by atoms with Crippen LogP contribution in [0.1, 0.15) is 19.0 Å². The van der Waals surface area contributed by atoms with E-state index in [1.54, 1.807) is 0 Å². The molecule has 0 saturated carbocycles. The maximum absolute atomic E-state index is 5.96. The highest BCUT2D eigenvalue weighted by Gasteiger charge is 2.21. The maximum Gasteiger partial charge on any atom is 0.137 e. The van der Waals surface area contributed by atoms with Crippen molar-refractivity contribution in [3.63, 3.8) is 0 Å². The molecule has 2 aromatic heterocycles. The van der Waals surface area contributed by atoms with Crippen LogP contribution in [-0.2, 0) is 11.3 Å². The predicted octanol–water partition coefficient (Wildman–Crippen LogP) is 2.50. The van der Waals surface area contributed by atoms with Crippen LogP contribution in [0.3, 0.4) is 0 Å². The Kier molecular flexibility index (Phi) is 3.73. The lowest BCUT2D eigenvalue weighted by molar-refractivity contribution is 0.178. The summed E-state index contributed by atoms with van der Waals surface area (Å²) < 4.78 is 7.38. The number of fused-ring (bicyclic) bond motifs is 1. The number of imidazole rings is 1. The molecule has 2 unspecified atom stereocenters. The van der Waals surface area contributed by atoms with Crippen molar-refractivity contribution in [3.05, 3.63) is 35.2 Å². The predicted molar refractivity (Wildman–Crippen MR) is 75.4 cm³/mol. The number of pyridine rings is 1. The van der Waals surface area contributed by atoms with Gasteiger partial charge in [0.1, 0.15) is 5.65 Å². The molecule has 0 aromatic carbocycles. The van der Waals surface area contributed by atoms with Crippen LogP contribution in [0.2, 0.25) is 5.02 Å². The highest BCUT2D eigenvalue weighted by atomic mass is 35.5. The third kappa shape index (κ3) is 2.91. The van der Waals surface area contributed by atoms with Crippen LogP contribution in [0.25, 0.3) is 5.65 Å². The molecule has 1 N–H and O–H groups in total. The van der Waals surface area contributed by atoms with Crippen LogP contribution in [0.4, 0.5) is 0 Å². The molecule has 0 bridgehead atoms. The van der Waals surface area contributed by atoms with Gasteiger partial charge in [-0.05, 0) is 31.4 Å². The molecule has 1 aliphatic heterocycles. The van der Waals surface area contributed by atoms with Gasteiger partial charge in [0.25, 0.3) is 0 Å². The van der Waals surface area contributed by atoms with E-state index in [1.165, 1.54) is 0 Å². The van der Waals surface area contributed by atoms with Gasteiger partial charge in [0, 0.05) is 31.6 Å². The van der Waals surface area contributed by atoms with Gasteiger partial charge in [-0.25, -0.2) is 4.98 Å². The summed E-state index contributed by atoms with van der Waals surface area (Å²) in [6.45, 7) is 4.75. The Morgan fingerprint density at radius 1 is 1.53 bits per heavy atom. The molecule has 2 atom stereocenters. The Morgan fingerprint density at radius 3 is 3.21 bits per heavy atom. The number of halogens is 1. The number of hydrogen-bond acceptors (Lipinski definition) is 3. The monoisotopic (exact) mass is 279 g/mol. The van der Waals surface area contributed by atoms with Crippen molar-refractivity contribution in [2.24, 2.45) is 5.92 Å². The quantitative estimate of drug-likeness (QED) is 0.935. The summed E-state index contributed by atoms with van der Waals surface area (Å²) in [4.78, 5) is 4.56. The van der Waals surface area contributed by atoms with Gasteiger partial charge in [0.2, 0.25) is 0 Å². The fourth-order valence-electron chi connectivity index (χ4n) is 2.48. The second-order valence-electron chi connectivity index (χ2n) is 5.14. The van der Waals surface area contributed by atoms with Crippen molar-refractivity contribution >= 4 is 17.2 Å². The number of ether oxygens (including phenoxy) is 1. The van der Waals surface area contributed by atoms with E-state index in [-0.39, 0.29) is 0 Å². The van der Waals surface area contributed by atoms with Crippen molar-refractivity contribution in [1.29, 1.82) is 0 Å². The van der Waals surface area contributed by atoms with E-state index >= 15 is 0 Å². The van der Waals surface area contributed by atoms with Crippen molar-refractivity contribution in [3.8, 4) is 0 Å². The Morgan fingerprint density at radius 2 is 2.42 bits per heavy atom. The molecule has 102 valence electrons. The molecule has 0 amide bonds. The molecule has 3 rings (SSSR count). The fraction of sp³-hybridized carbons (Fsp3) is 0.500. The van der Waals surface area contributed by atoms with E-state index in [2.05, 4.69) is 17.2 Å². The fourth-order valence-corrected chi connectivity index (χ4v) is 2.65. The normalized spacial score (nSPS) is 21.1. The minimum Gasteiger partial charge on any atom is -0.381 e. The summed E-state index contributed by atoms with van der Waals surface area (Å²) in [5.41, 5.74) is 1.96. The number of rotatable bonds is 4. The van der Waals surface area contributed by atoms with E-state index in [9.17, 15) is 0 Å². The molecule has 3 heterocycles. The first kappa shape index (κ1) is 12.9. The maximum atomic E-state index is 5.96. The molecule has 1 fully saturated rings. The van der Waals surface area contributed by atoms with Gasteiger partial charge in [-0.1, -0.05) is 11.6 Å². The van der Waals surface area contributed by atoms with Gasteiger partial charge < -0.3 is 14.5 Å². The zero-order chi connectivity index (χ0) is 13.2. The van der Waals surface area contributed by atoms with Crippen molar-refractivity contribution < 1.29 is 4.74 Å². The zero-order valence-corrected chi connectivity index (χ0v) is 11.7.